The molecule has 0 aromatic heterocycles. The number of oxime groups is 1. The molecule has 0 fully saturated rings. The summed E-state index contributed by atoms with van der Waals surface area (Å²) in [6.45, 7) is 3.62. The Morgan fingerprint density at radius 1 is 1.60 bits per heavy atom. The standard InChI is InChI=1S/C12H16FN3O4/c1-12(2,11(14)15-17)5-6-20-10-4-3-8(16(18)19)7-9(10)13/h3-4,7,17H,5-6H2,1-2H3,(H2,14,15). The van der Waals surface area contributed by atoms with Gasteiger partial charge >= 0.3 is 0 Å². The van der Waals surface area contributed by atoms with Crippen LogP contribution in [0.5, 0.6) is 5.75 Å². The average Bonchev–Trinajstić information content (AvgIpc) is 2.39. The number of nitrogens with two attached hydrogens (primary N) is 1. The van der Waals surface area contributed by atoms with Gasteiger partial charge in [0.1, 0.15) is 5.84 Å². The van der Waals surface area contributed by atoms with Crippen molar-refractivity contribution in [3.63, 3.8) is 0 Å². The first-order valence-electron chi connectivity index (χ1n) is 5.82. The summed E-state index contributed by atoms with van der Waals surface area (Å²) >= 11 is 0. The second-order valence-corrected chi connectivity index (χ2v) is 4.84. The van der Waals surface area contributed by atoms with Gasteiger partial charge in [0.2, 0.25) is 0 Å². The molecule has 7 nitrogen and oxygen atoms in total. The molecule has 1 aromatic rings. The Morgan fingerprint density at radius 2 is 2.25 bits per heavy atom. The molecule has 1 rings (SSSR count). The zero-order valence-corrected chi connectivity index (χ0v) is 11.2. The van der Waals surface area contributed by atoms with E-state index in [2.05, 4.69) is 5.16 Å². The predicted molar refractivity (Wildman–Crippen MR) is 70.4 cm³/mol. The van der Waals surface area contributed by atoms with E-state index in [1.807, 2.05) is 0 Å². The van der Waals surface area contributed by atoms with E-state index < -0.39 is 16.2 Å². The van der Waals surface area contributed by atoms with E-state index in [-0.39, 0.29) is 23.9 Å². The fraction of sp³-hybridized carbons (Fsp3) is 0.417. The van der Waals surface area contributed by atoms with Crippen LogP contribution in [0.25, 0.3) is 0 Å². The van der Waals surface area contributed by atoms with Crippen LogP contribution in [-0.2, 0) is 0 Å². The molecule has 0 saturated heterocycles. The van der Waals surface area contributed by atoms with Gasteiger partial charge in [-0.05, 0) is 12.5 Å². The van der Waals surface area contributed by atoms with E-state index in [1.165, 1.54) is 6.07 Å². The molecule has 0 heterocycles. The van der Waals surface area contributed by atoms with Crippen LogP contribution in [0.3, 0.4) is 0 Å². The highest BCUT2D eigenvalue weighted by atomic mass is 19.1. The molecule has 110 valence electrons. The Kier molecular flexibility index (Phi) is 4.84. The fourth-order valence-corrected chi connectivity index (χ4v) is 1.40. The third kappa shape index (κ3) is 3.81. The zero-order chi connectivity index (χ0) is 15.3. The Labute approximate surface area is 115 Å². The summed E-state index contributed by atoms with van der Waals surface area (Å²) < 4.78 is 18.7. The number of nitro benzene ring substituents is 1. The molecule has 0 aliphatic rings. The summed E-state index contributed by atoms with van der Waals surface area (Å²) in [5.74, 6) is -0.836. The molecular formula is C12H16FN3O4. The highest BCUT2D eigenvalue weighted by molar-refractivity contribution is 5.85. The molecule has 20 heavy (non-hydrogen) atoms. The molecular weight excluding hydrogens is 269 g/mol. The SMILES string of the molecule is CC(C)(CCOc1ccc([N+](=O)[O-])cc1F)C(N)=NO. The number of hydrogen-bond donors (Lipinski definition) is 2. The fourth-order valence-electron chi connectivity index (χ4n) is 1.40. The lowest BCUT2D eigenvalue weighted by molar-refractivity contribution is -0.385. The van der Waals surface area contributed by atoms with Gasteiger partial charge in [0.25, 0.3) is 5.69 Å². The molecule has 0 aliphatic heterocycles. The third-order valence-electron chi connectivity index (χ3n) is 2.91. The molecule has 0 amide bonds. The van der Waals surface area contributed by atoms with Crippen molar-refractivity contribution in [1.29, 1.82) is 0 Å². The molecule has 0 bridgehead atoms. The van der Waals surface area contributed by atoms with Gasteiger partial charge in [0.05, 0.1) is 17.6 Å². The number of benzene rings is 1. The highest BCUT2D eigenvalue weighted by Gasteiger charge is 2.23. The van der Waals surface area contributed by atoms with Crippen LogP contribution >= 0.6 is 0 Å². The van der Waals surface area contributed by atoms with Crippen LogP contribution in [0.2, 0.25) is 0 Å². The maximum atomic E-state index is 13.5. The minimum atomic E-state index is -0.805. The van der Waals surface area contributed by atoms with Crippen molar-refractivity contribution < 1.29 is 19.3 Å². The second kappa shape index (κ2) is 6.18. The highest BCUT2D eigenvalue weighted by Crippen LogP contribution is 2.25. The number of nitrogens with zero attached hydrogens (tertiary/aromatic N) is 2. The lowest BCUT2D eigenvalue weighted by atomic mass is 9.88. The molecule has 0 atom stereocenters. The van der Waals surface area contributed by atoms with Crippen molar-refractivity contribution in [1.82, 2.24) is 0 Å². The first-order chi connectivity index (χ1) is 9.27. The van der Waals surface area contributed by atoms with Gasteiger partial charge in [0.15, 0.2) is 11.6 Å². The van der Waals surface area contributed by atoms with Crippen molar-refractivity contribution in [2.24, 2.45) is 16.3 Å². The van der Waals surface area contributed by atoms with E-state index in [4.69, 9.17) is 15.7 Å². The monoisotopic (exact) mass is 285 g/mol. The van der Waals surface area contributed by atoms with Crippen LogP contribution in [0.4, 0.5) is 10.1 Å². The van der Waals surface area contributed by atoms with Gasteiger partial charge in [-0.1, -0.05) is 19.0 Å². The van der Waals surface area contributed by atoms with E-state index in [1.54, 1.807) is 13.8 Å². The third-order valence-corrected chi connectivity index (χ3v) is 2.91. The molecule has 1 aromatic carbocycles. The van der Waals surface area contributed by atoms with E-state index in [9.17, 15) is 14.5 Å². The van der Waals surface area contributed by atoms with Crippen molar-refractivity contribution in [3.8, 4) is 5.75 Å². The van der Waals surface area contributed by atoms with Crippen LogP contribution in [0.1, 0.15) is 20.3 Å². The Hall–Kier alpha value is -2.38. The quantitative estimate of drug-likeness (QED) is 0.274. The molecule has 3 N–H and O–H groups in total. The Bertz CT molecular complexity index is 531. The lowest BCUT2D eigenvalue weighted by Crippen LogP contribution is -2.33. The van der Waals surface area contributed by atoms with E-state index >= 15 is 0 Å². The largest absolute Gasteiger partial charge is 0.490 e. The molecule has 0 unspecified atom stereocenters. The predicted octanol–water partition coefficient (Wildman–Crippen LogP) is 2.28. The van der Waals surface area contributed by atoms with Crippen molar-refractivity contribution in [2.75, 3.05) is 6.61 Å². The summed E-state index contributed by atoms with van der Waals surface area (Å²) in [7, 11) is 0. The number of halogens is 1. The van der Waals surface area contributed by atoms with Crippen molar-refractivity contribution >= 4 is 11.5 Å². The smallest absolute Gasteiger partial charge is 0.272 e. The normalized spacial score (nSPS) is 12.2. The number of amidine groups is 1. The summed E-state index contributed by atoms with van der Waals surface area (Å²) in [4.78, 5) is 9.78. The summed E-state index contributed by atoms with van der Waals surface area (Å²) in [6, 6.07) is 3.15. The van der Waals surface area contributed by atoms with Gasteiger partial charge in [-0.3, -0.25) is 10.1 Å². The summed E-state index contributed by atoms with van der Waals surface area (Å²) in [5.41, 5.74) is 4.56. The van der Waals surface area contributed by atoms with Gasteiger partial charge in [-0.15, -0.1) is 0 Å². The maximum absolute atomic E-state index is 13.5. The number of ether oxygens (including phenoxy) is 1. The molecule has 0 aliphatic carbocycles. The van der Waals surface area contributed by atoms with Crippen LogP contribution in [0.15, 0.2) is 23.4 Å². The minimum absolute atomic E-state index is 0.0465. The van der Waals surface area contributed by atoms with Gasteiger partial charge < -0.3 is 15.7 Å². The van der Waals surface area contributed by atoms with Crippen molar-refractivity contribution in [2.45, 2.75) is 20.3 Å². The first kappa shape index (κ1) is 15.7. The van der Waals surface area contributed by atoms with E-state index in [0.29, 0.717) is 6.42 Å². The molecule has 0 radical (unpaired) electrons. The van der Waals surface area contributed by atoms with Crippen LogP contribution in [0, 0.1) is 21.3 Å². The summed E-state index contributed by atoms with van der Waals surface area (Å²) in [5, 5.41) is 22.0. The topological polar surface area (TPSA) is 111 Å². The summed E-state index contributed by atoms with van der Waals surface area (Å²) in [6.07, 6.45) is 0.388. The second-order valence-electron chi connectivity index (χ2n) is 4.84. The van der Waals surface area contributed by atoms with Crippen LogP contribution < -0.4 is 10.5 Å². The Morgan fingerprint density at radius 3 is 2.75 bits per heavy atom. The lowest BCUT2D eigenvalue weighted by Gasteiger charge is -2.22. The first-order valence-corrected chi connectivity index (χ1v) is 5.82. The van der Waals surface area contributed by atoms with Crippen molar-refractivity contribution in [3.05, 3.63) is 34.1 Å². The number of hydrogen-bond acceptors (Lipinski definition) is 5. The van der Waals surface area contributed by atoms with Crippen LogP contribution in [-0.4, -0.2) is 22.6 Å². The van der Waals surface area contributed by atoms with E-state index in [0.717, 1.165) is 12.1 Å². The van der Waals surface area contributed by atoms with Gasteiger partial charge in [0, 0.05) is 11.5 Å². The minimum Gasteiger partial charge on any atom is -0.490 e. The number of rotatable bonds is 6. The molecule has 8 heteroatoms. The van der Waals surface area contributed by atoms with Gasteiger partial charge in [-0.2, -0.15) is 0 Å². The molecule has 0 spiro atoms. The Balaban J connectivity index is 2.65. The average molecular weight is 285 g/mol. The maximum Gasteiger partial charge on any atom is 0.272 e. The number of nitro groups is 1. The van der Waals surface area contributed by atoms with Gasteiger partial charge in [-0.25, -0.2) is 4.39 Å². The molecule has 0 saturated carbocycles. The zero-order valence-electron chi connectivity index (χ0n) is 11.2. The number of non-ortho nitro benzene ring substituents is 1.